The fraction of sp³-hybridized carbons (Fsp3) is 0.286. The lowest BCUT2D eigenvalue weighted by Gasteiger charge is -2.44. The molecule has 0 atom stereocenters. The lowest BCUT2D eigenvalue weighted by molar-refractivity contribution is -0.00171. The van der Waals surface area contributed by atoms with Gasteiger partial charge in [0.1, 0.15) is 11.4 Å². The van der Waals surface area contributed by atoms with Crippen molar-refractivity contribution in [1.82, 2.24) is 19.2 Å². The van der Waals surface area contributed by atoms with Crippen LogP contribution in [-0.4, -0.2) is 38.2 Å². The molecule has 6 rings (SSSR count). The van der Waals surface area contributed by atoms with Crippen molar-refractivity contribution in [2.24, 2.45) is 7.05 Å². The Bertz CT molecular complexity index is 1440. The summed E-state index contributed by atoms with van der Waals surface area (Å²) in [6.45, 7) is 5.27. The predicted molar refractivity (Wildman–Crippen MR) is 136 cm³/mol. The molecular weight excluding hydrogens is 460 g/mol. The molecular formula is C28H27ClN4O2. The molecule has 0 bridgehead atoms. The molecule has 2 aliphatic rings. The summed E-state index contributed by atoms with van der Waals surface area (Å²) in [6.07, 6.45) is 3.34. The number of aromatic nitrogens is 3. The van der Waals surface area contributed by atoms with Crippen molar-refractivity contribution in [3.63, 3.8) is 0 Å². The van der Waals surface area contributed by atoms with Crippen molar-refractivity contribution in [2.45, 2.75) is 32.3 Å². The van der Waals surface area contributed by atoms with Crippen LogP contribution >= 0.6 is 11.6 Å². The number of hydrogen-bond donors (Lipinski definition) is 0. The van der Waals surface area contributed by atoms with E-state index in [4.69, 9.17) is 16.3 Å². The Labute approximate surface area is 209 Å². The molecule has 0 aliphatic carbocycles. The smallest absolute Gasteiger partial charge is 0.255 e. The topological polar surface area (TPSA) is 52.3 Å². The van der Waals surface area contributed by atoms with Gasteiger partial charge in [-0.2, -0.15) is 5.10 Å². The summed E-state index contributed by atoms with van der Waals surface area (Å²) in [5.41, 5.74) is 6.40. The van der Waals surface area contributed by atoms with Gasteiger partial charge in [0, 0.05) is 60.5 Å². The van der Waals surface area contributed by atoms with Crippen LogP contribution in [0.4, 0.5) is 0 Å². The van der Waals surface area contributed by atoms with E-state index in [9.17, 15) is 4.79 Å². The molecule has 2 aromatic heterocycles. The van der Waals surface area contributed by atoms with Gasteiger partial charge in [-0.1, -0.05) is 23.7 Å². The van der Waals surface area contributed by atoms with Crippen LogP contribution in [0.25, 0.3) is 16.9 Å². The quantitative estimate of drug-likeness (QED) is 0.366. The van der Waals surface area contributed by atoms with Gasteiger partial charge in [-0.25, -0.2) is 0 Å². The molecule has 1 amide bonds. The van der Waals surface area contributed by atoms with Crippen molar-refractivity contribution in [3.05, 3.63) is 88.3 Å². The monoisotopic (exact) mass is 486 g/mol. The van der Waals surface area contributed by atoms with Gasteiger partial charge < -0.3 is 14.2 Å². The van der Waals surface area contributed by atoms with Crippen LogP contribution in [0.1, 0.15) is 40.2 Å². The largest absolute Gasteiger partial charge is 0.482 e. The highest BCUT2D eigenvalue weighted by atomic mass is 35.5. The summed E-state index contributed by atoms with van der Waals surface area (Å²) in [5, 5.41) is 5.17. The van der Waals surface area contributed by atoms with E-state index in [0.717, 1.165) is 39.6 Å². The predicted octanol–water partition coefficient (Wildman–Crippen LogP) is 5.67. The van der Waals surface area contributed by atoms with Gasteiger partial charge in [0.25, 0.3) is 5.91 Å². The third kappa shape index (κ3) is 3.39. The second-order valence-corrected chi connectivity index (χ2v) is 9.96. The minimum Gasteiger partial charge on any atom is -0.482 e. The van der Waals surface area contributed by atoms with Crippen LogP contribution in [0.2, 0.25) is 5.02 Å². The highest BCUT2D eigenvalue weighted by molar-refractivity contribution is 6.31. The highest BCUT2D eigenvalue weighted by Gasteiger charge is 2.46. The van der Waals surface area contributed by atoms with Crippen molar-refractivity contribution in [3.8, 4) is 22.7 Å². The number of ether oxygens (including phenoxy) is 1. The number of nitrogens with zero attached hydrogens (tertiary/aromatic N) is 4. The molecule has 2 aliphatic heterocycles. The number of halogens is 1. The van der Waals surface area contributed by atoms with E-state index in [1.807, 2.05) is 67.0 Å². The minimum absolute atomic E-state index is 0.0154. The summed E-state index contributed by atoms with van der Waals surface area (Å²) in [6, 6.07) is 17.7. The fourth-order valence-electron chi connectivity index (χ4n) is 5.64. The van der Waals surface area contributed by atoms with Crippen LogP contribution < -0.4 is 4.74 Å². The fourth-order valence-corrected chi connectivity index (χ4v) is 5.81. The van der Waals surface area contributed by atoms with Gasteiger partial charge >= 0.3 is 0 Å². The summed E-state index contributed by atoms with van der Waals surface area (Å²) in [5.74, 6) is 0.892. The Morgan fingerprint density at radius 1 is 1.03 bits per heavy atom. The first-order valence-corrected chi connectivity index (χ1v) is 12.3. The number of fused-ring (bicyclic) bond motifs is 4. The van der Waals surface area contributed by atoms with Crippen LogP contribution in [0, 0.1) is 13.8 Å². The van der Waals surface area contributed by atoms with E-state index < -0.39 is 5.60 Å². The second kappa shape index (κ2) is 8.02. The molecule has 1 saturated heterocycles. The van der Waals surface area contributed by atoms with Gasteiger partial charge in [0.2, 0.25) is 0 Å². The molecule has 4 heterocycles. The number of para-hydroxylation sites is 1. The molecule has 0 radical (unpaired) electrons. The van der Waals surface area contributed by atoms with E-state index in [2.05, 4.69) is 27.9 Å². The zero-order chi connectivity index (χ0) is 24.3. The first-order chi connectivity index (χ1) is 16.9. The average molecular weight is 487 g/mol. The van der Waals surface area contributed by atoms with Gasteiger partial charge in [-0.05, 0) is 56.3 Å². The third-order valence-electron chi connectivity index (χ3n) is 7.44. The minimum atomic E-state index is -0.481. The Hall–Kier alpha value is -3.51. The van der Waals surface area contributed by atoms with E-state index in [0.29, 0.717) is 36.5 Å². The zero-order valence-corrected chi connectivity index (χ0v) is 20.8. The number of carbonyl (C=O) groups is 1. The van der Waals surface area contributed by atoms with E-state index >= 15 is 0 Å². The lowest BCUT2D eigenvalue weighted by atomic mass is 9.81. The molecule has 2 aromatic carbocycles. The summed E-state index contributed by atoms with van der Waals surface area (Å²) < 4.78 is 10.7. The van der Waals surface area contributed by atoms with Crippen molar-refractivity contribution in [2.75, 3.05) is 13.1 Å². The van der Waals surface area contributed by atoms with E-state index in [1.165, 1.54) is 0 Å². The Kier molecular flexibility index (Phi) is 5.04. The maximum Gasteiger partial charge on any atom is 0.255 e. The second-order valence-electron chi connectivity index (χ2n) is 9.53. The number of hydrogen-bond acceptors (Lipinski definition) is 3. The average Bonchev–Trinajstić information content (AvgIpc) is 3.41. The van der Waals surface area contributed by atoms with Gasteiger partial charge in [-0.3, -0.25) is 9.48 Å². The number of likely N-dealkylation sites (tertiary alicyclic amines) is 1. The first kappa shape index (κ1) is 22.0. The normalized spacial score (nSPS) is 16.1. The number of carbonyl (C=O) groups excluding carboxylic acids is 1. The first-order valence-electron chi connectivity index (χ1n) is 11.9. The van der Waals surface area contributed by atoms with Crippen LogP contribution in [0.5, 0.6) is 5.75 Å². The van der Waals surface area contributed by atoms with Crippen LogP contribution in [0.15, 0.2) is 60.8 Å². The third-order valence-corrected chi connectivity index (χ3v) is 7.67. The Morgan fingerprint density at radius 3 is 2.49 bits per heavy atom. The molecule has 0 N–H and O–H groups in total. The molecule has 1 fully saturated rings. The van der Waals surface area contributed by atoms with Gasteiger partial charge in [0.05, 0.1) is 23.1 Å². The summed E-state index contributed by atoms with van der Waals surface area (Å²) in [4.78, 5) is 15.7. The summed E-state index contributed by atoms with van der Waals surface area (Å²) in [7, 11) is 1.97. The Morgan fingerprint density at radius 2 is 1.74 bits per heavy atom. The molecule has 35 heavy (non-hydrogen) atoms. The standard InChI is InChI=1S/C28H27ClN4O2/c1-18-8-9-19(2)33(18)24-16-20(29)10-11-21(24)27(34)32-14-12-28(13-15-32)23-17-30-31(3)26(23)22-6-4-5-7-25(22)35-28/h4-11,16-17H,12-15H2,1-3H3. The zero-order valence-electron chi connectivity index (χ0n) is 20.1. The molecule has 0 saturated carbocycles. The number of amides is 1. The SMILES string of the molecule is Cc1ccc(C)n1-c1cc(Cl)ccc1C(=O)N1CCC2(CC1)Oc1ccccc1-c1c2cnn1C. The maximum absolute atomic E-state index is 13.8. The highest BCUT2D eigenvalue weighted by Crippen LogP contribution is 2.49. The maximum atomic E-state index is 13.8. The lowest BCUT2D eigenvalue weighted by Crippen LogP contribution is -2.49. The molecule has 7 heteroatoms. The number of benzene rings is 2. The number of aryl methyl sites for hydroxylation is 3. The van der Waals surface area contributed by atoms with Gasteiger partial charge in [0.15, 0.2) is 0 Å². The molecule has 4 aromatic rings. The van der Waals surface area contributed by atoms with E-state index in [-0.39, 0.29) is 5.91 Å². The van der Waals surface area contributed by atoms with Gasteiger partial charge in [-0.15, -0.1) is 0 Å². The van der Waals surface area contributed by atoms with Crippen molar-refractivity contribution in [1.29, 1.82) is 0 Å². The number of rotatable bonds is 2. The molecule has 0 unspecified atom stereocenters. The van der Waals surface area contributed by atoms with Crippen molar-refractivity contribution >= 4 is 17.5 Å². The van der Waals surface area contributed by atoms with Crippen LogP contribution in [0.3, 0.4) is 0 Å². The number of piperidine rings is 1. The Balaban J connectivity index is 1.31. The molecule has 6 nitrogen and oxygen atoms in total. The van der Waals surface area contributed by atoms with Crippen molar-refractivity contribution < 1.29 is 9.53 Å². The van der Waals surface area contributed by atoms with E-state index in [1.54, 1.807) is 6.07 Å². The summed E-state index contributed by atoms with van der Waals surface area (Å²) >= 11 is 6.35. The molecule has 178 valence electrons. The van der Waals surface area contributed by atoms with Crippen LogP contribution in [-0.2, 0) is 12.6 Å². The molecule has 1 spiro atoms.